The molecular formula is C62H78O7. The van der Waals surface area contributed by atoms with Crippen LogP contribution < -0.4 is 14.2 Å². The Morgan fingerprint density at radius 2 is 0.536 bits per heavy atom. The zero-order valence-corrected chi connectivity index (χ0v) is 43.0. The fourth-order valence-corrected chi connectivity index (χ4v) is 13.6. The number of rotatable bonds is 7. The molecular weight excluding hydrogens is 857 g/mol. The summed E-state index contributed by atoms with van der Waals surface area (Å²) in [6, 6.07) is 18.1. The molecule has 0 saturated heterocycles. The van der Waals surface area contributed by atoms with Crippen LogP contribution in [0.2, 0.25) is 0 Å². The first-order valence-electron chi connectivity index (χ1n) is 26.8. The molecule has 7 heteroatoms. The number of carbonyl (C=O) groups excluding carboxylic acids is 3. The molecule has 5 aliphatic rings. The van der Waals surface area contributed by atoms with Crippen molar-refractivity contribution in [3.63, 3.8) is 0 Å². The maximum absolute atomic E-state index is 13.5. The summed E-state index contributed by atoms with van der Waals surface area (Å²) in [7, 11) is 0. The maximum Gasteiger partial charge on any atom is 0.308 e. The minimum atomic E-state index is -0.409. The van der Waals surface area contributed by atoms with E-state index in [9.17, 15) is 19.5 Å². The Hall–Kier alpha value is -4.91. The van der Waals surface area contributed by atoms with Crippen molar-refractivity contribution < 1.29 is 33.7 Å². The lowest BCUT2D eigenvalue weighted by atomic mass is 9.68. The van der Waals surface area contributed by atoms with Crippen LogP contribution in [0.15, 0.2) is 48.5 Å². The number of phenolic OH excluding ortho intramolecular Hbond substituents is 1. The van der Waals surface area contributed by atoms with Crippen molar-refractivity contribution in [3.8, 4) is 23.0 Å². The van der Waals surface area contributed by atoms with Crippen molar-refractivity contribution in [2.24, 2.45) is 0 Å². The van der Waals surface area contributed by atoms with E-state index < -0.39 is 17.9 Å². The van der Waals surface area contributed by atoms with Gasteiger partial charge >= 0.3 is 17.9 Å². The summed E-state index contributed by atoms with van der Waals surface area (Å²) in [5, 5.41) is 12.9. The Balaban J connectivity index is 1.38. The van der Waals surface area contributed by atoms with E-state index in [-0.39, 0.29) is 27.4 Å². The van der Waals surface area contributed by atoms with E-state index in [4.69, 9.17) is 14.2 Å². The van der Waals surface area contributed by atoms with Crippen LogP contribution in [-0.4, -0.2) is 23.0 Å². The van der Waals surface area contributed by atoms with E-state index >= 15 is 0 Å². The summed E-state index contributed by atoms with van der Waals surface area (Å²) in [5.74, 6) is 0.567. The molecule has 9 rings (SSSR count). The predicted octanol–water partition coefficient (Wildman–Crippen LogP) is 14.7. The van der Waals surface area contributed by atoms with Crippen molar-refractivity contribution in [2.45, 2.75) is 224 Å². The normalized spacial score (nSPS) is 20.6. The van der Waals surface area contributed by atoms with Gasteiger partial charge in [0.1, 0.15) is 23.0 Å². The van der Waals surface area contributed by atoms with Gasteiger partial charge in [-0.25, -0.2) is 0 Å². The highest BCUT2D eigenvalue weighted by Crippen LogP contribution is 2.50. The van der Waals surface area contributed by atoms with Crippen LogP contribution in [0.3, 0.4) is 0 Å². The number of ether oxygens (including phenoxy) is 3. The molecule has 4 saturated carbocycles. The Labute approximate surface area is 412 Å². The number of hydrogen-bond acceptors (Lipinski definition) is 7. The lowest BCUT2D eigenvalue weighted by Crippen LogP contribution is -2.27. The van der Waals surface area contributed by atoms with E-state index in [0.29, 0.717) is 42.9 Å². The summed E-state index contributed by atoms with van der Waals surface area (Å²) in [6.45, 7) is 14.0. The molecule has 0 spiro atoms. The molecule has 7 nitrogen and oxygen atoms in total. The van der Waals surface area contributed by atoms with Crippen molar-refractivity contribution in [3.05, 3.63) is 115 Å². The van der Waals surface area contributed by atoms with Crippen molar-refractivity contribution in [1.29, 1.82) is 0 Å². The van der Waals surface area contributed by atoms with Crippen molar-refractivity contribution >= 4 is 17.9 Å². The van der Waals surface area contributed by atoms with Gasteiger partial charge in [0, 0.05) is 79.8 Å². The fraction of sp³-hybridized carbons (Fsp3) is 0.565. The molecule has 4 aromatic rings. The number of benzene rings is 4. The highest BCUT2D eigenvalue weighted by atomic mass is 16.5. The Morgan fingerprint density at radius 1 is 0.348 bits per heavy atom. The van der Waals surface area contributed by atoms with E-state index in [0.717, 1.165) is 147 Å². The lowest BCUT2D eigenvalue weighted by Gasteiger charge is -2.36. The molecule has 5 aliphatic carbocycles. The summed E-state index contributed by atoms with van der Waals surface area (Å²) < 4.78 is 19.3. The molecule has 1 N–H and O–H groups in total. The summed E-state index contributed by atoms with van der Waals surface area (Å²) in [5.41, 5.74) is 11.3. The molecule has 8 bridgehead atoms. The second-order valence-electron chi connectivity index (χ2n) is 23.5. The molecule has 0 aliphatic heterocycles. The van der Waals surface area contributed by atoms with Gasteiger partial charge in [-0.1, -0.05) is 153 Å². The zero-order valence-electron chi connectivity index (χ0n) is 43.0. The van der Waals surface area contributed by atoms with E-state index in [1.807, 2.05) is 0 Å². The van der Waals surface area contributed by atoms with Crippen LogP contribution in [0.4, 0.5) is 0 Å². The standard InChI is InChI=1S/C62H78O7/c1-40(63)67-56-45-28-43-32-51(59(4)20-12-8-13-21-59)33-44(55(43)66)29-46-35-53(61(6)24-16-10-17-25-61)37-48(57(46)68-41(2)64)31-50-39-54(62(7)26-18-11-19-27-62)38-49(58(50)69-42(3)65)30-47(56)36-52(34-45)60(5)22-14-9-15-23-60/h32-39,66H,8-31H2,1-7H3. The third-order valence-corrected chi connectivity index (χ3v) is 17.9. The van der Waals surface area contributed by atoms with Gasteiger partial charge in [0.2, 0.25) is 0 Å². The molecule has 0 aromatic heterocycles. The topological polar surface area (TPSA) is 99.1 Å². The zero-order chi connectivity index (χ0) is 48.7. The first-order chi connectivity index (χ1) is 32.9. The van der Waals surface area contributed by atoms with E-state index in [2.05, 4.69) is 76.2 Å². The van der Waals surface area contributed by atoms with E-state index in [1.165, 1.54) is 68.7 Å². The highest BCUT2D eigenvalue weighted by Gasteiger charge is 2.37. The molecule has 0 unspecified atom stereocenters. The molecule has 4 fully saturated rings. The average Bonchev–Trinajstić information content (AvgIpc) is 3.30. The number of hydrogen-bond donors (Lipinski definition) is 1. The maximum atomic E-state index is 13.5. The molecule has 0 atom stereocenters. The molecule has 0 amide bonds. The lowest BCUT2D eigenvalue weighted by molar-refractivity contribution is -0.132. The van der Waals surface area contributed by atoms with Crippen LogP contribution in [0, 0.1) is 0 Å². The average molecular weight is 935 g/mol. The van der Waals surface area contributed by atoms with Gasteiger partial charge < -0.3 is 19.3 Å². The van der Waals surface area contributed by atoms with Gasteiger partial charge in [-0.2, -0.15) is 0 Å². The molecule has 0 heterocycles. The van der Waals surface area contributed by atoms with Gasteiger partial charge in [0.15, 0.2) is 0 Å². The summed E-state index contributed by atoms with van der Waals surface area (Å²) in [6.07, 6.45) is 23.9. The summed E-state index contributed by atoms with van der Waals surface area (Å²) in [4.78, 5) is 40.2. The van der Waals surface area contributed by atoms with Crippen LogP contribution >= 0.6 is 0 Å². The second kappa shape index (κ2) is 19.7. The number of phenols is 1. The molecule has 368 valence electrons. The number of fused-ring (bicyclic) bond motifs is 8. The van der Waals surface area contributed by atoms with Gasteiger partial charge in [0.25, 0.3) is 0 Å². The molecule has 0 radical (unpaired) electrons. The second-order valence-corrected chi connectivity index (χ2v) is 23.5. The smallest absolute Gasteiger partial charge is 0.308 e. The molecule has 4 aromatic carbocycles. The van der Waals surface area contributed by atoms with Gasteiger partial charge in [-0.05, 0) is 106 Å². The Morgan fingerprint density at radius 3 is 0.739 bits per heavy atom. The number of carbonyl (C=O) groups is 3. The van der Waals surface area contributed by atoms with Crippen LogP contribution in [-0.2, 0) is 61.7 Å². The van der Waals surface area contributed by atoms with Crippen LogP contribution in [0.25, 0.3) is 0 Å². The minimum absolute atomic E-state index is 0.0819. The molecule has 69 heavy (non-hydrogen) atoms. The SMILES string of the molecule is CC(=O)Oc1c2cc(C3(C)CCCCC3)cc1Cc1cc(C3(C)CCCCC3)cc(c1OC(C)=O)Cc1cc(C3(C)CCCCC3)cc(c1OC(C)=O)Cc1cc(C3(C)CCCCC3)cc(c1O)C2. The van der Waals surface area contributed by atoms with E-state index in [1.54, 1.807) is 0 Å². The van der Waals surface area contributed by atoms with Gasteiger partial charge in [0.05, 0.1) is 0 Å². The fourth-order valence-electron chi connectivity index (χ4n) is 13.6. The predicted molar refractivity (Wildman–Crippen MR) is 274 cm³/mol. The van der Waals surface area contributed by atoms with Gasteiger partial charge in [-0.15, -0.1) is 0 Å². The number of aromatic hydroxyl groups is 1. The number of esters is 3. The third-order valence-electron chi connectivity index (χ3n) is 17.9. The summed E-state index contributed by atoms with van der Waals surface area (Å²) >= 11 is 0. The third kappa shape index (κ3) is 10.3. The van der Waals surface area contributed by atoms with Crippen molar-refractivity contribution in [2.75, 3.05) is 0 Å². The largest absolute Gasteiger partial charge is 0.507 e. The Bertz CT molecular complexity index is 2470. The van der Waals surface area contributed by atoms with Gasteiger partial charge in [-0.3, -0.25) is 14.4 Å². The monoisotopic (exact) mass is 935 g/mol. The van der Waals surface area contributed by atoms with Crippen LogP contribution in [0.1, 0.15) is 244 Å². The highest BCUT2D eigenvalue weighted by molar-refractivity contribution is 5.74. The Kier molecular flexibility index (Phi) is 14.0. The first kappa shape index (κ1) is 49.1. The van der Waals surface area contributed by atoms with Crippen LogP contribution in [0.5, 0.6) is 23.0 Å². The minimum Gasteiger partial charge on any atom is -0.507 e. The first-order valence-corrected chi connectivity index (χ1v) is 26.8. The quantitative estimate of drug-likeness (QED) is 0.128. The van der Waals surface area contributed by atoms with Crippen molar-refractivity contribution in [1.82, 2.24) is 0 Å².